The zero-order valence-corrected chi connectivity index (χ0v) is 85.4. The van der Waals surface area contributed by atoms with Crippen molar-refractivity contribution in [3.63, 3.8) is 0 Å². The Morgan fingerprint density at radius 2 is 0.757 bits per heavy atom. The SMILES string of the molecule is CS(=O)(=O)NCc1c(C(=O)NN2CCCCC2)nn(-c2ccc(Cl)cc2Cl)c1-c1ccc(C#CC2CCCC2)s1.O=C(NN1CCCCC1)c1nn(-c2ccc(Cl)cc2Cl)c(-c2ccc(C#CC3CCCC3)s2)c1CNS(=O)(=O)C1CCCC1.O=C(NN1CCCCC1)c1nn(-c2ccc(Cl)cc2Cl)c(-c2ccc(C#CC3CCCC3)s2)c1CNS(=O)(=O)N1CCS(=O)(=O)CC1.c1c[nH]cn1. The molecule has 724 valence electrons. The van der Waals surface area contributed by atoms with Gasteiger partial charge >= 0.3 is 0 Å². The third kappa shape index (κ3) is 27.4. The summed E-state index contributed by atoms with van der Waals surface area (Å²) in [5.74, 6) is 19.6. The lowest BCUT2D eigenvalue weighted by Crippen LogP contribution is -2.48. The Morgan fingerprint density at radius 1 is 0.426 bits per heavy atom. The first-order valence-electron chi connectivity index (χ1n) is 46.0. The highest BCUT2D eigenvalue weighted by Crippen LogP contribution is 2.43. The van der Waals surface area contributed by atoms with Crippen molar-refractivity contribution in [1.82, 2.24) is 89.1 Å². The molecule has 4 aliphatic heterocycles. The quantitative estimate of drug-likeness (QED) is 0.0293. The number of imidazole rings is 1. The summed E-state index contributed by atoms with van der Waals surface area (Å²) in [6.45, 7) is 3.58. The molecule has 3 amide bonds. The zero-order chi connectivity index (χ0) is 95.7. The number of rotatable bonds is 23. The fourth-order valence-electron chi connectivity index (χ4n) is 17.7. The molecule has 8 aliphatic rings. The van der Waals surface area contributed by atoms with E-state index in [9.17, 15) is 48.1 Å². The number of halogens is 6. The van der Waals surface area contributed by atoms with Gasteiger partial charge in [0.1, 0.15) is 0 Å². The number of sulfonamides is 2. The molecule has 0 atom stereocenters. The number of H-pyrrole nitrogens is 1. The van der Waals surface area contributed by atoms with Crippen molar-refractivity contribution >= 4 is 161 Å². The van der Waals surface area contributed by atoms with E-state index < -0.39 is 57.2 Å². The molecule has 4 aliphatic carbocycles. The second-order valence-electron chi connectivity index (χ2n) is 34.8. The van der Waals surface area contributed by atoms with Crippen LogP contribution in [0.4, 0.5) is 0 Å². The maximum Gasteiger partial charge on any atom is 0.286 e. The van der Waals surface area contributed by atoms with Gasteiger partial charge in [0.25, 0.3) is 27.9 Å². The molecule has 4 saturated heterocycles. The lowest BCUT2D eigenvalue weighted by atomic mass is 10.1. The number of thiophene rings is 3. The number of carbonyl (C=O) groups is 3. The Bertz CT molecular complexity index is 6570. The van der Waals surface area contributed by atoms with Crippen molar-refractivity contribution in [3.8, 4) is 84.3 Å². The second-order valence-corrected chi connectivity index (χ2v) is 48.5. The van der Waals surface area contributed by atoms with Gasteiger partial charge in [-0.15, -0.1) is 34.0 Å². The van der Waals surface area contributed by atoms with E-state index in [1.165, 1.54) is 72.5 Å². The minimum absolute atomic E-state index is 0.0347. The van der Waals surface area contributed by atoms with Crippen LogP contribution < -0.4 is 30.4 Å². The highest BCUT2D eigenvalue weighted by molar-refractivity contribution is 7.92. The van der Waals surface area contributed by atoms with Crippen LogP contribution in [0.25, 0.3) is 48.8 Å². The smallest absolute Gasteiger partial charge is 0.286 e. The van der Waals surface area contributed by atoms with Gasteiger partial charge in [0.2, 0.25) is 20.0 Å². The normalized spacial score (nSPS) is 17.8. The van der Waals surface area contributed by atoms with Gasteiger partial charge in [-0.25, -0.2) is 68.8 Å². The second kappa shape index (κ2) is 47.5. The molecule has 0 unspecified atom stereocenters. The predicted octanol–water partition coefficient (Wildman–Crippen LogP) is 17.6. The highest BCUT2D eigenvalue weighted by Gasteiger charge is 2.37. The Labute approximate surface area is 837 Å². The lowest BCUT2D eigenvalue weighted by molar-refractivity contribution is 0.0736. The number of hydrazine groups is 3. The summed E-state index contributed by atoms with van der Waals surface area (Å²) in [5, 5.41) is 21.9. The van der Waals surface area contributed by atoms with E-state index in [0.717, 1.165) is 175 Å². The molecule has 4 saturated carbocycles. The van der Waals surface area contributed by atoms with Crippen molar-refractivity contribution in [2.75, 3.05) is 70.1 Å². The Kier molecular flexibility index (Phi) is 35.7. The Hall–Kier alpha value is -8.05. The number of hydrogen-bond acceptors (Lipinski definition) is 21. The summed E-state index contributed by atoms with van der Waals surface area (Å²) >= 11 is 43.0. The van der Waals surface area contributed by atoms with E-state index in [0.29, 0.717) is 125 Å². The summed E-state index contributed by atoms with van der Waals surface area (Å²) < 4.78 is 116. The van der Waals surface area contributed by atoms with E-state index in [1.807, 2.05) is 51.4 Å². The van der Waals surface area contributed by atoms with E-state index in [-0.39, 0.29) is 67.2 Å². The molecule has 10 aromatic rings. The van der Waals surface area contributed by atoms with Gasteiger partial charge < -0.3 is 4.98 Å². The highest BCUT2D eigenvalue weighted by atomic mass is 35.5. The largest absolute Gasteiger partial charge is 0.351 e. The van der Waals surface area contributed by atoms with Crippen molar-refractivity contribution in [1.29, 1.82) is 0 Å². The molecule has 0 bridgehead atoms. The topological polar surface area (TPSA) is 355 Å². The molecule has 29 nitrogen and oxygen atoms in total. The van der Waals surface area contributed by atoms with E-state index >= 15 is 0 Å². The average Bonchev–Trinajstić information content (AvgIpc) is 1.61. The van der Waals surface area contributed by atoms with Gasteiger partial charge in [-0.1, -0.05) is 176 Å². The van der Waals surface area contributed by atoms with Crippen LogP contribution in [0.3, 0.4) is 0 Å². The number of nitrogens with zero attached hydrogens (tertiary/aromatic N) is 11. The summed E-state index contributed by atoms with van der Waals surface area (Å²) in [5.41, 5.74) is 13.7. The van der Waals surface area contributed by atoms with E-state index in [4.69, 9.17) is 84.9 Å². The van der Waals surface area contributed by atoms with Gasteiger partial charge in [-0.2, -0.15) is 32.7 Å². The maximum absolute atomic E-state index is 13.9. The molecule has 7 N–H and O–H groups in total. The molecular weight excluding hydrogens is 1990 g/mol. The van der Waals surface area contributed by atoms with Crippen molar-refractivity contribution < 1.29 is 48.1 Å². The third-order valence-electron chi connectivity index (χ3n) is 24.8. The molecular formula is C94H108Cl6N18O11S7. The number of aromatic amines is 1. The van der Waals surface area contributed by atoms with Crippen LogP contribution in [-0.2, 0) is 59.7 Å². The van der Waals surface area contributed by atoms with Gasteiger partial charge in [0.15, 0.2) is 26.9 Å². The van der Waals surface area contributed by atoms with Crippen LogP contribution in [0.1, 0.15) is 223 Å². The van der Waals surface area contributed by atoms with E-state index in [2.05, 4.69) is 75.9 Å². The minimum Gasteiger partial charge on any atom is -0.351 e. The first-order valence-corrected chi connectivity index (χ1v) is 57.4. The lowest BCUT2D eigenvalue weighted by Gasteiger charge is -2.27. The summed E-state index contributed by atoms with van der Waals surface area (Å²) in [4.78, 5) is 52.7. The number of carbonyl (C=O) groups excluding carboxylic acids is 3. The predicted molar refractivity (Wildman–Crippen MR) is 540 cm³/mol. The molecule has 0 radical (unpaired) electrons. The summed E-state index contributed by atoms with van der Waals surface area (Å²) in [7, 11) is -14.6. The van der Waals surface area contributed by atoms with Crippen molar-refractivity contribution in [3.05, 3.63) is 188 Å². The van der Waals surface area contributed by atoms with Gasteiger partial charge in [0.05, 0.1) is 108 Å². The van der Waals surface area contributed by atoms with Crippen molar-refractivity contribution in [2.24, 2.45) is 17.8 Å². The number of amides is 3. The number of nitrogens with one attached hydrogen (secondary N) is 7. The first kappa shape index (κ1) is 102. The molecule has 136 heavy (non-hydrogen) atoms. The molecule has 7 aromatic heterocycles. The first-order chi connectivity index (χ1) is 65.4. The molecule has 18 rings (SSSR count). The fraction of sp³-hybridized carbons (Fsp3) is 0.457. The Morgan fingerprint density at radius 3 is 1.07 bits per heavy atom. The van der Waals surface area contributed by atoms with Crippen LogP contribution >= 0.6 is 104 Å². The number of benzene rings is 3. The van der Waals surface area contributed by atoms with Gasteiger partial charge in [0, 0.05) is 134 Å². The average molecular weight is 2100 g/mol. The molecule has 3 aromatic carbocycles. The standard InChI is InChI=1S/C32H37Cl2N5O3S2.C31H36Cl2N6O5S3.C28H31Cl2N5O3S2.C3H4N2/c33-23-13-16-28(27(34)20-23)39-31(29-17-15-24(43-29)14-12-22-8-2-3-9-22)26(21-35-44(41,42)25-10-4-5-11-25)30(36-39)32(40)37-38-18-6-1-7-19-38;32-23-9-12-27(26(33)20-23)39-30(28-13-11-24(45-28)10-8-22-6-2-3-7-22)25(29(35-39)31(40)36-37-14-4-1-5-15-37)21-34-47(43,44)38-16-18-46(41,42)19-17-38;1-40(37,38)31-18-22-26(28(36)33-34-15-5-2-6-16-34)32-35(24-13-10-20(29)17-23(24)30)27(22)25-14-12-21(39-25)11-9-19-7-3-4-8-19;1-2-5-3-4-1/h13,15-17,20,22,25,35H,1-11,18-19,21H2,(H,37,40);9,11-13,20,22,34H,1-7,14-19,21H2,(H,36,40);10,12-14,17,19,31H,2-8,15-16,18H2,1H3,(H,33,36);1-3H,(H,4,5). The van der Waals surface area contributed by atoms with Crippen molar-refractivity contribution in [2.45, 2.75) is 185 Å². The minimum atomic E-state index is -4.11. The summed E-state index contributed by atoms with van der Waals surface area (Å²) in [6, 6.07) is 26.7. The van der Waals surface area contributed by atoms with Crippen LogP contribution in [0.15, 0.2) is 110 Å². The summed E-state index contributed by atoms with van der Waals surface area (Å²) in [6.07, 6.45) is 32.4. The van der Waals surface area contributed by atoms with E-state index in [1.54, 1.807) is 87.4 Å². The number of sulfone groups is 1. The number of aromatic nitrogens is 8. The molecule has 0 spiro atoms. The number of piperidine rings is 3. The van der Waals surface area contributed by atoms with Crippen LogP contribution in [0.2, 0.25) is 30.1 Å². The van der Waals surface area contributed by atoms with Crippen LogP contribution in [0.5, 0.6) is 0 Å². The van der Waals surface area contributed by atoms with Crippen LogP contribution in [-0.4, -0.2) is 185 Å². The third-order valence-corrected chi connectivity index (χ3v) is 35.2. The molecule has 11 heterocycles. The number of hydrogen-bond donors (Lipinski definition) is 7. The molecule has 8 fully saturated rings. The van der Waals surface area contributed by atoms with Crippen LogP contribution in [0, 0.1) is 53.3 Å². The van der Waals surface area contributed by atoms with Gasteiger partial charge in [-0.05, 0) is 181 Å². The maximum atomic E-state index is 13.9. The zero-order valence-electron chi connectivity index (χ0n) is 75.1. The van der Waals surface area contributed by atoms with Gasteiger partial charge in [-0.3, -0.25) is 30.7 Å². The molecule has 42 heteroatoms. The Balaban J connectivity index is 0.000000151. The monoisotopic (exact) mass is 2100 g/mol. The fourth-order valence-corrected chi connectivity index (χ4v) is 26.5.